The molecule has 0 aliphatic heterocycles. The molecule has 0 saturated heterocycles. The van der Waals surface area contributed by atoms with Crippen molar-refractivity contribution in [1.29, 1.82) is 0 Å². The molecule has 0 amide bonds. The van der Waals surface area contributed by atoms with Gasteiger partial charge in [0.05, 0.1) is 6.04 Å². The van der Waals surface area contributed by atoms with Crippen molar-refractivity contribution >= 4 is 0 Å². The molecular formula is C8H8N3. The van der Waals surface area contributed by atoms with E-state index in [-0.39, 0.29) is 6.04 Å². The molecular weight excluding hydrogens is 138 g/mol. The zero-order chi connectivity index (χ0) is 8.10. The minimum atomic E-state index is -0.318. The van der Waals surface area contributed by atoms with Gasteiger partial charge in [0.2, 0.25) is 0 Å². The van der Waals surface area contributed by atoms with Crippen LogP contribution >= 0.6 is 0 Å². The molecule has 0 heterocycles. The number of hydrogen-bond donors (Lipinski definition) is 0. The quantitative estimate of drug-likeness (QED) is 0.350. The van der Waals surface area contributed by atoms with Crippen LogP contribution in [0.25, 0.3) is 10.4 Å². The zero-order valence-corrected chi connectivity index (χ0v) is 6.01. The maximum absolute atomic E-state index is 8.12. The first-order chi connectivity index (χ1) is 5.34. The Morgan fingerprint density at radius 1 is 1.36 bits per heavy atom. The summed E-state index contributed by atoms with van der Waals surface area (Å²) in [5.41, 5.74) is 9.05. The Balaban J connectivity index is 2.84. The first kappa shape index (κ1) is 7.63. The Morgan fingerprint density at radius 2 is 2.00 bits per heavy atom. The van der Waals surface area contributed by atoms with E-state index in [0.717, 1.165) is 5.56 Å². The van der Waals surface area contributed by atoms with E-state index in [1.165, 1.54) is 0 Å². The van der Waals surface area contributed by atoms with Crippen LogP contribution in [0.5, 0.6) is 0 Å². The van der Waals surface area contributed by atoms with Gasteiger partial charge in [0.15, 0.2) is 0 Å². The van der Waals surface area contributed by atoms with E-state index in [0.29, 0.717) is 0 Å². The molecule has 3 nitrogen and oxygen atoms in total. The summed E-state index contributed by atoms with van der Waals surface area (Å²) in [7, 11) is 0. The summed E-state index contributed by atoms with van der Waals surface area (Å²) in [5.74, 6) is 0. The molecule has 1 atom stereocenters. The third-order valence-corrected chi connectivity index (χ3v) is 1.38. The predicted octanol–water partition coefficient (Wildman–Crippen LogP) is 2.87. The van der Waals surface area contributed by atoms with Gasteiger partial charge in [-0.1, -0.05) is 35.4 Å². The summed E-state index contributed by atoms with van der Waals surface area (Å²) in [5, 5.41) is 3.46. The fourth-order valence-electron chi connectivity index (χ4n) is 0.804. The van der Waals surface area contributed by atoms with Crippen molar-refractivity contribution in [3.63, 3.8) is 0 Å². The summed E-state index contributed by atoms with van der Waals surface area (Å²) in [6.45, 7) is 3.68. The maximum Gasteiger partial charge on any atom is 0.0625 e. The summed E-state index contributed by atoms with van der Waals surface area (Å²) < 4.78 is 0. The Labute approximate surface area is 65.3 Å². The van der Waals surface area contributed by atoms with Crippen LogP contribution in [0.15, 0.2) is 35.4 Å². The molecule has 0 N–H and O–H groups in total. The summed E-state index contributed by atoms with van der Waals surface area (Å²) >= 11 is 0. The lowest BCUT2D eigenvalue weighted by atomic mass is 10.1. The summed E-state index contributed by atoms with van der Waals surface area (Å²) in [4.78, 5) is 2.67. The molecule has 55 valence electrons. The Hall–Kier alpha value is -1.47. The maximum atomic E-state index is 8.12. The van der Waals surface area contributed by atoms with Crippen LogP contribution in [0.4, 0.5) is 0 Å². The van der Waals surface area contributed by atoms with E-state index in [1.54, 1.807) is 0 Å². The average molecular weight is 146 g/mol. The molecule has 0 fully saturated rings. The largest absolute Gasteiger partial charge is 0.0859 e. The summed E-state index contributed by atoms with van der Waals surface area (Å²) in [6, 6.07) is 9.13. The number of nitrogens with zero attached hydrogens (tertiary/aromatic N) is 3. The molecule has 3 heteroatoms. The minimum Gasteiger partial charge on any atom is -0.0859 e. The molecule has 1 aromatic rings. The van der Waals surface area contributed by atoms with Gasteiger partial charge in [-0.3, -0.25) is 0 Å². The molecule has 11 heavy (non-hydrogen) atoms. The molecule has 1 aromatic carbocycles. The number of rotatable bonds is 2. The molecule has 1 rings (SSSR count). The van der Waals surface area contributed by atoms with Crippen molar-refractivity contribution in [2.24, 2.45) is 5.11 Å². The Kier molecular flexibility index (Phi) is 2.53. The first-order valence-corrected chi connectivity index (χ1v) is 3.27. The van der Waals surface area contributed by atoms with Crippen LogP contribution in [0, 0.1) is 6.92 Å². The minimum absolute atomic E-state index is 0.318. The van der Waals surface area contributed by atoms with Crippen molar-refractivity contribution in [2.75, 3.05) is 0 Å². The van der Waals surface area contributed by atoms with Crippen LogP contribution < -0.4 is 0 Å². The van der Waals surface area contributed by atoms with Crippen LogP contribution in [0.2, 0.25) is 0 Å². The van der Waals surface area contributed by atoms with Crippen molar-refractivity contribution in [2.45, 2.75) is 6.04 Å². The smallest absolute Gasteiger partial charge is 0.0625 e. The van der Waals surface area contributed by atoms with Crippen molar-refractivity contribution in [1.82, 2.24) is 0 Å². The summed E-state index contributed by atoms with van der Waals surface area (Å²) in [6.07, 6.45) is 0. The molecule has 1 radical (unpaired) electrons. The number of azide groups is 1. The highest BCUT2D eigenvalue weighted by Gasteiger charge is 1.98. The Bertz CT molecular complexity index is 262. The predicted molar refractivity (Wildman–Crippen MR) is 43.7 cm³/mol. The molecule has 0 saturated carbocycles. The highest BCUT2D eigenvalue weighted by molar-refractivity contribution is 5.19. The van der Waals surface area contributed by atoms with Crippen molar-refractivity contribution in [3.05, 3.63) is 53.3 Å². The van der Waals surface area contributed by atoms with Gasteiger partial charge in [0, 0.05) is 4.91 Å². The van der Waals surface area contributed by atoms with Gasteiger partial charge in [-0.25, -0.2) is 0 Å². The lowest BCUT2D eigenvalue weighted by molar-refractivity contribution is 0.893. The zero-order valence-electron chi connectivity index (χ0n) is 6.01. The molecule has 1 unspecified atom stereocenters. The first-order valence-electron chi connectivity index (χ1n) is 3.27. The van der Waals surface area contributed by atoms with Crippen molar-refractivity contribution < 1.29 is 0 Å². The normalized spacial score (nSPS) is 11.7. The SMILES string of the molecule is [CH2]C(N=[N+]=[N-])c1ccccc1. The molecule has 0 bridgehead atoms. The lowest BCUT2D eigenvalue weighted by Crippen LogP contribution is -1.85. The van der Waals surface area contributed by atoms with Gasteiger partial charge in [-0.2, -0.15) is 0 Å². The topological polar surface area (TPSA) is 48.8 Å². The van der Waals surface area contributed by atoms with E-state index < -0.39 is 0 Å². The van der Waals surface area contributed by atoms with Gasteiger partial charge >= 0.3 is 0 Å². The van der Waals surface area contributed by atoms with E-state index in [9.17, 15) is 0 Å². The fraction of sp³-hybridized carbons (Fsp3) is 0.125. The van der Waals surface area contributed by atoms with Crippen LogP contribution in [-0.4, -0.2) is 0 Å². The molecule has 0 spiro atoms. The standard InChI is InChI=1S/C8H8N3/c1-7(10-11-9)8-5-3-2-4-6-8/h2-7H,1H2. The van der Waals surface area contributed by atoms with Crippen LogP contribution in [-0.2, 0) is 0 Å². The second kappa shape index (κ2) is 3.64. The highest BCUT2D eigenvalue weighted by Crippen LogP contribution is 2.14. The van der Waals surface area contributed by atoms with Gasteiger partial charge in [-0.05, 0) is 18.0 Å². The van der Waals surface area contributed by atoms with Gasteiger partial charge < -0.3 is 0 Å². The van der Waals surface area contributed by atoms with Gasteiger partial charge in [0.1, 0.15) is 0 Å². The van der Waals surface area contributed by atoms with Gasteiger partial charge in [-0.15, -0.1) is 0 Å². The fourth-order valence-corrected chi connectivity index (χ4v) is 0.804. The third kappa shape index (κ3) is 1.99. The highest BCUT2D eigenvalue weighted by atomic mass is 15.1. The van der Waals surface area contributed by atoms with E-state index in [2.05, 4.69) is 16.9 Å². The van der Waals surface area contributed by atoms with E-state index in [1.807, 2.05) is 30.3 Å². The second-order valence-corrected chi connectivity index (χ2v) is 2.13. The average Bonchev–Trinajstić information content (AvgIpc) is 2.07. The number of hydrogen-bond acceptors (Lipinski definition) is 1. The van der Waals surface area contributed by atoms with Crippen molar-refractivity contribution in [3.8, 4) is 0 Å². The van der Waals surface area contributed by atoms with E-state index >= 15 is 0 Å². The lowest BCUT2D eigenvalue weighted by Gasteiger charge is -2.01. The Morgan fingerprint density at radius 3 is 2.55 bits per heavy atom. The van der Waals surface area contributed by atoms with Gasteiger partial charge in [0.25, 0.3) is 0 Å². The molecule has 0 aliphatic carbocycles. The molecule has 0 aliphatic rings. The number of benzene rings is 1. The molecule has 0 aromatic heterocycles. The third-order valence-electron chi connectivity index (χ3n) is 1.38. The van der Waals surface area contributed by atoms with Crippen LogP contribution in [0.3, 0.4) is 0 Å². The second-order valence-electron chi connectivity index (χ2n) is 2.13. The van der Waals surface area contributed by atoms with Crippen LogP contribution in [0.1, 0.15) is 11.6 Å². The van der Waals surface area contributed by atoms with E-state index in [4.69, 9.17) is 5.53 Å². The monoisotopic (exact) mass is 146 g/mol.